The van der Waals surface area contributed by atoms with Gasteiger partial charge in [-0.1, -0.05) is 28.1 Å². The molecule has 1 aliphatic heterocycles. The Bertz CT molecular complexity index is 773. The molecule has 0 saturated heterocycles. The van der Waals surface area contributed by atoms with Crippen LogP contribution in [0.15, 0.2) is 40.9 Å². The summed E-state index contributed by atoms with van der Waals surface area (Å²) in [5, 5.41) is 0. The Hall–Kier alpha value is -2.01. The van der Waals surface area contributed by atoms with Gasteiger partial charge in [-0.2, -0.15) is 0 Å². The highest BCUT2D eigenvalue weighted by Crippen LogP contribution is 2.34. The van der Waals surface area contributed by atoms with E-state index in [2.05, 4.69) is 15.9 Å². The number of fused-ring (bicyclic) bond motifs is 1. The number of benzene rings is 2. The fourth-order valence-corrected chi connectivity index (χ4v) is 3.02. The van der Waals surface area contributed by atoms with E-state index < -0.39 is 17.5 Å². The second-order valence-corrected chi connectivity index (χ2v) is 5.88. The van der Waals surface area contributed by atoms with Gasteiger partial charge in [-0.3, -0.25) is 9.59 Å². The molecule has 1 aliphatic rings. The SMILES string of the molecule is Cc1cc(F)cc2c1N(Cc1cccc(Br)c1)C(=O)C2=O. The summed E-state index contributed by atoms with van der Waals surface area (Å²) in [6.45, 7) is 1.98. The minimum Gasteiger partial charge on any atom is -0.300 e. The number of aryl methyl sites for hydroxylation is 1. The van der Waals surface area contributed by atoms with Crippen LogP contribution in [-0.4, -0.2) is 11.7 Å². The van der Waals surface area contributed by atoms with Gasteiger partial charge in [0, 0.05) is 4.47 Å². The van der Waals surface area contributed by atoms with Crippen molar-refractivity contribution >= 4 is 33.3 Å². The zero-order valence-electron chi connectivity index (χ0n) is 11.2. The van der Waals surface area contributed by atoms with E-state index in [0.717, 1.165) is 16.1 Å². The monoisotopic (exact) mass is 347 g/mol. The van der Waals surface area contributed by atoms with Gasteiger partial charge in [0.15, 0.2) is 0 Å². The van der Waals surface area contributed by atoms with Crippen LogP contribution in [0.4, 0.5) is 10.1 Å². The van der Waals surface area contributed by atoms with Crippen LogP contribution in [0.25, 0.3) is 0 Å². The first-order valence-corrected chi connectivity index (χ1v) is 7.17. The van der Waals surface area contributed by atoms with E-state index in [1.54, 1.807) is 6.92 Å². The van der Waals surface area contributed by atoms with Crippen LogP contribution < -0.4 is 4.90 Å². The van der Waals surface area contributed by atoms with Gasteiger partial charge >= 0.3 is 0 Å². The van der Waals surface area contributed by atoms with Gasteiger partial charge in [-0.05, 0) is 42.3 Å². The van der Waals surface area contributed by atoms with Crippen molar-refractivity contribution in [1.29, 1.82) is 0 Å². The zero-order valence-corrected chi connectivity index (χ0v) is 12.8. The van der Waals surface area contributed by atoms with E-state index in [1.165, 1.54) is 11.0 Å². The van der Waals surface area contributed by atoms with Crippen LogP contribution in [0.2, 0.25) is 0 Å². The van der Waals surface area contributed by atoms with Gasteiger partial charge in [0.05, 0.1) is 17.8 Å². The summed E-state index contributed by atoms with van der Waals surface area (Å²) in [5.74, 6) is -1.77. The van der Waals surface area contributed by atoms with E-state index in [9.17, 15) is 14.0 Å². The predicted molar refractivity (Wildman–Crippen MR) is 80.8 cm³/mol. The number of amides is 1. The fraction of sp³-hybridized carbons (Fsp3) is 0.125. The lowest BCUT2D eigenvalue weighted by molar-refractivity contribution is -0.114. The van der Waals surface area contributed by atoms with Crippen LogP contribution >= 0.6 is 15.9 Å². The number of rotatable bonds is 2. The maximum atomic E-state index is 13.4. The molecular weight excluding hydrogens is 337 g/mol. The maximum Gasteiger partial charge on any atom is 0.299 e. The van der Waals surface area contributed by atoms with Crippen molar-refractivity contribution in [2.45, 2.75) is 13.5 Å². The van der Waals surface area contributed by atoms with Crippen molar-refractivity contribution in [3.63, 3.8) is 0 Å². The van der Waals surface area contributed by atoms with Crippen LogP contribution in [0.3, 0.4) is 0 Å². The van der Waals surface area contributed by atoms with E-state index in [4.69, 9.17) is 0 Å². The van der Waals surface area contributed by atoms with Crippen LogP contribution in [0, 0.1) is 12.7 Å². The molecule has 5 heteroatoms. The number of Topliss-reactive ketones (excluding diaryl/α,β-unsaturated/α-hetero) is 1. The summed E-state index contributed by atoms with van der Waals surface area (Å²) in [6, 6.07) is 9.96. The van der Waals surface area contributed by atoms with E-state index in [1.807, 2.05) is 24.3 Å². The molecule has 0 fully saturated rings. The van der Waals surface area contributed by atoms with Crippen molar-refractivity contribution in [3.05, 3.63) is 63.4 Å². The van der Waals surface area contributed by atoms with Gasteiger partial charge in [-0.15, -0.1) is 0 Å². The smallest absolute Gasteiger partial charge is 0.299 e. The molecule has 1 heterocycles. The highest BCUT2D eigenvalue weighted by atomic mass is 79.9. The van der Waals surface area contributed by atoms with Crippen LogP contribution in [-0.2, 0) is 11.3 Å². The third-order valence-electron chi connectivity index (χ3n) is 3.45. The van der Waals surface area contributed by atoms with Gasteiger partial charge in [-0.25, -0.2) is 4.39 Å². The third-order valence-corrected chi connectivity index (χ3v) is 3.94. The van der Waals surface area contributed by atoms with E-state index in [-0.39, 0.29) is 12.1 Å². The minimum absolute atomic E-state index is 0.146. The second-order valence-electron chi connectivity index (χ2n) is 4.97. The molecular formula is C16H11BrFNO2. The Morgan fingerprint density at radius 2 is 1.95 bits per heavy atom. The molecule has 2 aromatic carbocycles. The second kappa shape index (κ2) is 5.07. The Labute approximate surface area is 129 Å². The Kier molecular flexibility index (Phi) is 3.37. The Balaban J connectivity index is 2.05. The zero-order chi connectivity index (χ0) is 15.1. The number of ketones is 1. The number of nitrogens with zero attached hydrogens (tertiary/aromatic N) is 1. The van der Waals surface area contributed by atoms with Gasteiger partial charge in [0.1, 0.15) is 5.82 Å². The first-order chi connectivity index (χ1) is 9.97. The van der Waals surface area contributed by atoms with E-state index in [0.29, 0.717) is 11.3 Å². The van der Waals surface area contributed by atoms with Crippen molar-refractivity contribution in [1.82, 2.24) is 0 Å². The lowest BCUT2D eigenvalue weighted by Crippen LogP contribution is -2.29. The summed E-state index contributed by atoms with van der Waals surface area (Å²) < 4.78 is 14.3. The summed E-state index contributed by atoms with van der Waals surface area (Å²) >= 11 is 3.37. The molecule has 0 radical (unpaired) electrons. The average molecular weight is 348 g/mol. The molecule has 3 nitrogen and oxygen atoms in total. The first kappa shape index (κ1) is 13.9. The molecule has 0 saturated carbocycles. The quantitative estimate of drug-likeness (QED) is 0.778. The molecule has 1 amide bonds. The highest BCUT2D eigenvalue weighted by molar-refractivity contribution is 9.10. The number of hydrogen-bond acceptors (Lipinski definition) is 2. The Morgan fingerprint density at radius 1 is 1.19 bits per heavy atom. The first-order valence-electron chi connectivity index (χ1n) is 6.38. The standard InChI is InChI=1S/C16H11BrFNO2/c1-9-5-12(18)7-13-14(9)19(16(21)15(13)20)8-10-3-2-4-11(17)6-10/h2-7H,8H2,1H3. The highest BCUT2D eigenvalue weighted by Gasteiger charge is 2.37. The third kappa shape index (κ3) is 2.38. The van der Waals surface area contributed by atoms with Gasteiger partial charge < -0.3 is 4.90 Å². The minimum atomic E-state index is -0.650. The summed E-state index contributed by atoms with van der Waals surface area (Å²) in [4.78, 5) is 25.6. The Morgan fingerprint density at radius 3 is 2.67 bits per heavy atom. The van der Waals surface area contributed by atoms with Gasteiger partial charge in [0.2, 0.25) is 0 Å². The maximum absolute atomic E-state index is 13.4. The normalized spacial score (nSPS) is 13.8. The van der Waals surface area contributed by atoms with Crippen LogP contribution in [0.5, 0.6) is 0 Å². The van der Waals surface area contributed by atoms with Crippen molar-refractivity contribution in [3.8, 4) is 0 Å². The number of carbonyl (C=O) groups excluding carboxylic acids is 2. The van der Waals surface area contributed by atoms with Crippen LogP contribution in [0.1, 0.15) is 21.5 Å². The lowest BCUT2D eigenvalue weighted by atomic mass is 10.1. The molecule has 0 spiro atoms. The summed E-state index contributed by atoms with van der Waals surface area (Å²) in [5.41, 5.74) is 2.13. The predicted octanol–water partition coefficient (Wildman–Crippen LogP) is 3.63. The number of anilines is 1. The number of carbonyl (C=O) groups is 2. The molecule has 0 unspecified atom stereocenters. The molecule has 3 rings (SSSR count). The number of halogens is 2. The van der Waals surface area contributed by atoms with Crippen molar-refractivity contribution in [2.75, 3.05) is 4.90 Å². The van der Waals surface area contributed by atoms with Crippen molar-refractivity contribution < 1.29 is 14.0 Å². The molecule has 106 valence electrons. The molecule has 0 atom stereocenters. The van der Waals surface area contributed by atoms with Crippen molar-refractivity contribution in [2.24, 2.45) is 0 Å². The topological polar surface area (TPSA) is 37.4 Å². The molecule has 0 aliphatic carbocycles. The molecule has 2 aromatic rings. The fourth-order valence-electron chi connectivity index (χ4n) is 2.57. The molecule has 0 N–H and O–H groups in total. The average Bonchev–Trinajstić information content (AvgIpc) is 2.64. The lowest BCUT2D eigenvalue weighted by Gasteiger charge is -2.18. The largest absolute Gasteiger partial charge is 0.300 e. The van der Waals surface area contributed by atoms with E-state index >= 15 is 0 Å². The number of hydrogen-bond donors (Lipinski definition) is 0. The van der Waals surface area contributed by atoms with Gasteiger partial charge in [0.25, 0.3) is 11.7 Å². The molecule has 0 aromatic heterocycles. The summed E-state index contributed by atoms with van der Waals surface area (Å²) in [6.07, 6.45) is 0. The molecule has 0 bridgehead atoms. The summed E-state index contributed by atoms with van der Waals surface area (Å²) in [7, 11) is 0. The molecule has 21 heavy (non-hydrogen) atoms.